The van der Waals surface area contributed by atoms with Gasteiger partial charge in [0.2, 0.25) is 0 Å². The van der Waals surface area contributed by atoms with E-state index in [4.69, 9.17) is 14.7 Å². The quantitative estimate of drug-likeness (QED) is 0.322. The summed E-state index contributed by atoms with van der Waals surface area (Å²) >= 11 is 3.58. The van der Waals surface area contributed by atoms with E-state index in [0.717, 1.165) is 86.1 Å². The van der Waals surface area contributed by atoms with E-state index >= 15 is 0 Å². The molecule has 2 aliphatic rings. The van der Waals surface area contributed by atoms with E-state index in [0.29, 0.717) is 12.1 Å². The lowest BCUT2D eigenvalue weighted by Crippen LogP contribution is -2.55. The molecule has 202 valence electrons. The van der Waals surface area contributed by atoms with Gasteiger partial charge in [0.1, 0.15) is 5.01 Å². The first-order valence-corrected chi connectivity index (χ1v) is 15.2. The highest BCUT2D eigenvalue weighted by Gasteiger charge is 2.30. The number of thiophene rings is 1. The molecule has 1 aromatic carbocycles. The first-order chi connectivity index (χ1) is 19.1. The minimum absolute atomic E-state index is 0.470. The van der Waals surface area contributed by atoms with Crippen molar-refractivity contribution in [2.24, 2.45) is 0 Å². The molecule has 0 bridgehead atoms. The lowest BCUT2D eigenvalue weighted by molar-refractivity contribution is 0.0294. The van der Waals surface area contributed by atoms with Crippen LogP contribution in [0.2, 0.25) is 0 Å². The molecule has 9 nitrogen and oxygen atoms in total. The zero-order valence-electron chi connectivity index (χ0n) is 22.2. The van der Waals surface area contributed by atoms with E-state index in [1.165, 1.54) is 14.6 Å². The van der Waals surface area contributed by atoms with E-state index in [2.05, 4.69) is 61.2 Å². The summed E-state index contributed by atoms with van der Waals surface area (Å²) in [5.74, 6) is 1.77. The monoisotopic (exact) mass is 560 g/mol. The number of rotatable bonds is 6. The second-order valence-corrected chi connectivity index (χ2v) is 12.6. The van der Waals surface area contributed by atoms with Crippen molar-refractivity contribution in [2.75, 3.05) is 44.3 Å². The Kier molecular flexibility index (Phi) is 6.77. The molecule has 11 heteroatoms. The Hall–Kier alpha value is -2.96. The van der Waals surface area contributed by atoms with Gasteiger partial charge in [-0.05, 0) is 26.0 Å². The predicted octanol–water partition coefficient (Wildman–Crippen LogP) is 4.62. The number of morpholine rings is 1. The van der Waals surface area contributed by atoms with Gasteiger partial charge < -0.3 is 9.64 Å². The topological polar surface area (TPSA) is 86.3 Å². The molecule has 2 atom stereocenters. The maximum atomic E-state index is 5.65. The molecule has 0 spiro atoms. The normalized spacial score (nSPS) is 21.3. The summed E-state index contributed by atoms with van der Waals surface area (Å²) in [6.07, 6.45) is 3.77. The number of benzene rings is 1. The number of hydrogen-bond donors (Lipinski definition) is 1. The Morgan fingerprint density at radius 3 is 2.72 bits per heavy atom. The van der Waals surface area contributed by atoms with Gasteiger partial charge in [0.05, 0.1) is 41.7 Å². The molecule has 2 saturated heterocycles. The molecule has 39 heavy (non-hydrogen) atoms. The highest BCUT2D eigenvalue weighted by Crippen LogP contribution is 2.36. The maximum absolute atomic E-state index is 5.65. The van der Waals surface area contributed by atoms with E-state index in [9.17, 15) is 0 Å². The van der Waals surface area contributed by atoms with Gasteiger partial charge in [0.15, 0.2) is 11.6 Å². The minimum atomic E-state index is 0.470. The van der Waals surface area contributed by atoms with Gasteiger partial charge in [-0.3, -0.25) is 14.9 Å². The lowest BCUT2D eigenvalue weighted by Gasteiger charge is -2.44. The summed E-state index contributed by atoms with van der Waals surface area (Å²) < 4.78 is 6.82. The van der Waals surface area contributed by atoms with Crippen LogP contribution >= 0.6 is 22.7 Å². The van der Waals surface area contributed by atoms with Crippen molar-refractivity contribution in [1.29, 1.82) is 0 Å². The van der Waals surface area contributed by atoms with Gasteiger partial charge in [-0.1, -0.05) is 12.1 Å². The smallest absolute Gasteiger partial charge is 0.162 e. The second kappa shape index (κ2) is 10.5. The van der Waals surface area contributed by atoms with Crippen molar-refractivity contribution in [3.05, 3.63) is 51.9 Å². The highest BCUT2D eigenvalue weighted by molar-refractivity contribution is 7.19. The van der Waals surface area contributed by atoms with Crippen molar-refractivity contribution in [1.82, 2.24) is 34.9 Å². The number of ether oxygens (including phenoxy) is 1. The summed E-state index contributed by atoms with van der Waals surface area (Å²) in [5, 5.41) is 11.6. The summed E-state index contributed by atoms with van der Waals surface area (Å²) in [4.78, 5) is 23.6. The zero-order chi connectivity index (χ0) is 26.3. The van der Waals surface area contributed by atoms with Gasteiger partial charge in [0.25, 0.3) is 0 Å². The number of hydrogen-bond acceptors (Lipinski definition) is 10. The first kappa shape index (κ1) is 25.0. The summed E-state index contributed by atoms with van der Waals surface area (Å²) in [6.45, 7) is 11.7. The molecule has 2 aliphatic heterocycles. The predicted molar refractivity (Wildman–Crippen MR) is 157 cm³/mol. The van der Waals surface area contributed by atoms with Crippen molar-refractivity contribution >= 4 is 49.6 Å². The fraction of sp³-hybridized carbons (Fsp3) is 0.429. The number of anilines is 1. The molecular weight excluding hydrogens is 528 g/mol. The Bertz CT molecular complexity index is 1560. The largest absolute Gasteiger partial charge is 0.378 e. The third kappa shape index (κ3) is 4.93. The Labute approximate surface area is 235 Å². The van der Waals surface area contributed by atoms with Crippen LogP contribution in [0.1, 0.15) is 23.7 Å². The molecule has 6 heterocycles. The van der Waals surface area contributed by atoms with Crippen LogP contribution < -0.4 is 4.90 Å². The number of piperazine rings is 1. The van der Waals surface area contributed by atoms with Gasteiger partial charge in [-0.25, -0.2) is 15.0 Å². The Balaban J connectivity index is 1.19. The number of H-pyrrole nitrogens is 1. The van der Waals surface area contributed by atoms with Crippen LogP contribution in [0.25, 0.3) is 32.5 Å². The molecule has 2 unspecified atom stereocenters. The van der Waals surface area contributed by atoms with Crippen LogP contribution in [0.15, 0.2) is 42.0 Å². The summed E-state index contributed by atoms with van der Waals surface area (Å²) in [7, 11) is 0. The minimum Gasteiger partial charge on any atom is -0.378 e. The second-order valence-electron chi connectivity index (χ2n) is 10.5. The van der Waals surface area contributed by atoms with E-state index in [1.807, 2.05) is 35.9 Å². The number of nitrogens with one attached hydrogen (secondary N) is 1. The average molecular weight is 561 g/mol. The van der Waals surface area contributed by atoms with Crippen LogP contribution in [0.3, 0.4) is 0 Å². The SMILES string of the molecule is CC1CN(Cc2cc3nc(-c4cccc5[nH]ncc45)nc(N4CCOCC4)c3s2)CC(C)N1Cc1nccs1. The van der Waals surface area contributed by atoms with Gasteiger partial charge >= 0.3 is 0 Å². The van der Waals surface area contributed by atoms with Crippen LogP contribution in [0.5, 0.6) is 0 Å². The van der Waals surface area contributed by atoms with Crippen molar-refractivity contribution < 1.29 is 4.74 Å². The number of aromatic amines is 1. The summed E-state index contributed by atoms with van der Waals surface area (Å²) in [5.41, 5.74) is 3.02. The van der Waals surface area contributed by atoms with Crippen molar-refractivity contribution in [3.8, 4) is 11.4 Å². The molecular formula is C28H32N8OS2. The average Bonchev–Trinajstić information content (AvgIpc) is 3.71. The van der Waals surface area contributed by atoms with Gasteiger partial charge in [-0.2, -0.15) is 5.10 Å². The van der Waals surface area contributed by atoms with E-state index < -0.39 is 0 Å². The lowest BCUT2D eigenvalue weighted by atomic mass is 10.1. The third-order valence-corrected chi connectivity index (χ3v) is 9.67. The summed E-state index contributed by atoms with van der Waals surface area (Å²) in [6, 6.07) is 9.38. The highest BCUT2D eigenvalue weighted by atomic mass is 32.1. The molecule has 4 aromatic heterocycles. The van der Waals surface area contributed by atoms with Crippen molar-refractivity contribution in [3.63, 3.8) is 0 Å². The number of thiazole rings is 1. The van der Waals surface area contributed by atoms with Crippen LogP contribution in [0, 0.1) is 0 Å². The molecule has 5 aromatic rings. The Morgan fingerprint density at radius 1 is 1.08 bits per heavy atom. The molecule has 2 fully saturated rings. The van der Waals surface area contributed by atoms with E-state index in [1.54, 1.807) is 11.3 Å². The molecule has 0 radical (unpaired) electrons. The zero-order valence-corrected chi connectivity index (χ0v) is 23.8. The van der Waals surface area contributed by atoms with Crippen LogP contribution in [0.4, 0.5) is 5.82 Å². The van der Waals surface area contributed by atoms with E-state index in [-0.39, 0.29) is 0 Å². The van der Waals surface area contributed by atoms with Gasteiger partial charge in [0, 0.05) is 72.2 Å². The molecule has 7 rings (SSSR count). The van der Waals surface area contributed by atoms with Gasteiger partial charge in [-0.15, -0.1) is 22.7 Å². The fourth-order valence-electron chi connectivity index (χ4n) is 5.93. The Morgan fingerprint density at radius 2 is 1.92 bits per heavy atom. The molecule has 0 aliphatic carbocycles. The molecule has 0 saturated carbocycles. The van der Waals surface area contributed by atoms with Crippen LogP contribution in [-0.4, -0.2) is 86.4 Å². The standard InChI is InChI=1S/C28H32N8OS2/c1-18-14-34(15-19(2)36(18)17-25-29-6-11-38-25)16-20-12-24-26(39-20)28(35-7-9-37-10-8-35)32-27(31-24)21-4-3-5-23-22(21)13-30-33-23/h3-6,11-13,18-19H,7-10,14-17H2,1-2H3,(H,30,33). The first-order valence-electron chi connectivity index (χ1n) is 13.5. The maximum Gasteiger partial charge on any atom is 0.162 e. The number of fused-ring (bicyclic) bond motifs is 2. The number of nitrogens with zero attached hydrogens (tertiary/aromatic N) is 7. The van der Waals surface area contributed by atoms with Crippen molar-refractivity contribution in [2.45, 2.75) is 39.0 Å². The number of aromatic nitrogens is 5. The molecule has 0 amide bonds. The molecule has 1 N–H and O–H groups in total. The fourth-order valence-corrected chi connectivity index (χ4v) is 7.71. The van der Waals surface area contributed by atoms with Crippen LogP contribution in [-0.2, 0) is 17.8 Å². The third-order valence-electron chi connectivity index (χ3n) is 7.80.